The topological polar surface area (TPSA) is 86.1 Å². The molecular weight excluding hydrogens is 378 g/mol. The Bertz CT molecular complexity index is 928. The molecule has 2 heterocycles. The summed E-state index contributed by atoms with van der Waals surface area (Å²) in [6.07, 6.45) is 3.71. The number of rotatable bonds is 6. The Morgan fingerprint density at radius 2 is 2.00 bits per heavy atom. The van der Waals surface area contributed by atoms with Crippen LogP contribution in [0.1, 0.15) is 27.9 Å². The number of nitriles is 1. The monoisotopic (exact) mass is 398 g/mol. The van der Waals surface area contributed by atoms with E-state index in [1.807, 2.05) is 30.3 Å². The smallest absolute Gasteiger partial charge is 0.268 e. The highest BCUT2D eigenvalue weighted by atomic mass is 19.3. The van der Waals surface area contributed by atoms with Gasteiger partial charge in [0.1, 0.15) is 6.04 Å². The van der Waals surface area contributed by atoms with E-state index in [1.54, 1.807) is 18.3 Å². The van der Waals surface area contributed by atoms with Crippen LogP contribution in [0.15, 0.2) is 48.8 Å². The lowest BCUT2D eigenvalue weighted by Crippen LogP contribution is -2.43. The van der Waals surface area contributed by atoms with Gasteiger partial charge in [0, 0.05) is 24.4 Å². The van der Waals surface area contributed by atoms with Gasteiger partial charge in [0.25, 0.3) is 11.8 Å². The zero-order chi connectivity index (χ0) is 20.9. The molecule has 1 aliphatic rings. The standard InChI is InChI=1S/C21H20F2N4O2/c22-21(23)10-17(11-24)27(14-21)19(28)13-26-20(29)18-8-9-25-12-16(18)7-6-15-4-2-1-3-5-15/h1-5,8-9,12,17H,6-7,10,13-14H2,(H,26,29)/t17-/m0/s1. The molecule has 150 valence electrons. The number of aromatic nitrogens is 1. The number of aryl methyl sites for hydroxylation is 2. The van der Waals surface area contributed by atoms with E-state index < -0.39 is 43.3 Å². The summed E-state index contributed by atoms with van der Waals surface area (Å²) < 4.78 is 27.0. The van der Waals surface area contributed by atoms with E-state index in [0.29, 0.717) is 12.0 Å². The van der Waals surface area contributed by atoms with Gasteiger partial charge in [0.15, 0.2) is 0 Å². The number of nitrogens with zero attached hydrogens (tertiary/aromatic N) is 3. The number of amides is 2. The van der Waals surface area contributed by atoms with Crippen LogP contribution in [0.25, 0.3) is 0 Å². The Balaban J connectivity index is 1.61. The third-order valence-electron chi connectivity index (χ3n) is 4.81. The number of alkyl halides is 2. The average Bonchev–Trinajstić information content (AvgIpc) is 3.06. The second-order valence-corrected chi connectivity index (χ2v) is 6.93. The van der Waals surface area contributed by atoms with Gasteiger partial charge in [-0.1, -0.05) is 30.3 Å². The largest absolute Gasteiger partial charge is 0.343 e. The van der Waals surface area contributed by atoms with Crippen molar-refractivity contribution in [2.45, 2.75) is 31.2 Å². The number of hydrogen-bond acceptors (Lipinski definition) is 4. The van der Waals surface area contributed by atoms with Crippen LogP contribution in [0.4, 0.5) is 8.78 Å². The van der Waals surface area contributed by atoms with Crippen LogP contribution in [-0.4, -0.2) is 46.8 Å². The fourth-order valence-electron chi connectivity index (χ4n) is 3.32. The molecule has 8 heteroatoms. The minimum Gasteiger partial charge on any atom is -0.343 e. The molecule has 1 atom stereocenters. The van der Waals surface area contributed by atoms with Crippen molar-refractivity contribution in [2.24, 2.45) is 0 Å². The molecule has 1 N–H and O–H groups in total. The van der Waals surface area contributed by atoms with E-state index >= 15 is 0 Å². The maximum Gasteiger partial charge on any atom is 0.268 e. The summed E-state index contributed by atoms with van der Waals surface area (Å²) in [6.45, 7) is -1.26. The van der Waals surface area contributed by atoms with Crippen LogP contribution in [0.2, 0.25) is 0 Å². The zero-order valence-corrected chi connectivity index (χ0v) is 15.6. The van der Waals surface area contributed by atoms with E-state index in [4.69, 9.17) is 5.26 Å². The number of halogens is 2. The van der Waals surface area contributed by atoms with Crippen molar-refractivity contribution >= 4 is 11.8 Å². The van der Waals surface area contributed by atoms with Gasteiger partial charge in [0.2, 0.25) is 5.91 Å². The molecule has 0 unspecified atom stereocenters. The van der Waals surface area contributed by atoms with Crippen LogP contribution in [0, 0.1) is 11.3 Å². The molecule has 0 bridgehead atoms. The summed E-state index contributed by atoms with van der Waals surface area (Å²) in [5.74, 6) is -4.28. The summed E-state index contributed by atoms with van der Waals surface area (Å²) >= 11 is 0. The van der Waals surface area contributed by atoms with Crippen molar-refractivity contribution in [1.82, 2.24) is 15.2 Å². The second-order valence-electron chi connectivity index (χ2n) is 6.93. The maximum atomic E-state index is 13.5. The van der Waals surface area contributed by atoms with Crippen molar-refractivity contribution in [1.29, 1.82) is 5.26 Å². The SMILES string of the molecule is N#C[C@@H]1CC(F)(F)CN1C(=O)CNC(=O)c1ccncc1CCc1ccccc1. The molecule has 2 aromatic rings. The Morgan fingerprint density at radius 1 is 1.24 bits per heavy atom. The Hall–Kier alpha value is -3.34. The second kappa shape index (κ2) is 8.78. The molecular formula is C21H20F2N4O2. The van der Waals surface area contributed by atoms with Crippen molar-refractivity contribution in [3.8, 4) is 6.07 Å². The minimum atomic E-state index is -3.09. The van der Waals surface area contributed by atoms with E-state index in [9.17, 15) is 18.4 Å². The molecule has 0 spiro atoms. The molecule has 1 aromatic heterocycles. The highest BCUT2D eigenvalue weighted by Gasteiger charge is 2.47. The molecule has 0 radical (unpaired) electrons. The van der Waals surface area contributed by atoms with Gasteiger partial charge in [-0.05, 0) is 30.0 Å². The maximum absolute atomic E-state index is 13.5. The predicted molar refractivity (Wildman–Crippen MR) is 101 cm³/mol. The van der Waals surface area contributed by atoms with Crippen molar-refractivity contribution in [3.05, 3.63) is 65.5 Å². The first-order valence-electron chi connectivity index (χ1n) is 9.21. The van der Waals surface area contributed by atoms with Crippen molar-refractivity contribution < 1.29 is 18.4 Å². The van der Waals surface area contributed by atoms with Crippen molar-refractivity contribution in [2.75, 3.05) is 13.1 Å². The lowest BCUT2D eigenvalue weighted by atomic mass is 10.0. The molecule has 1 aromatic carbocycles. The molecule has 1 fully saturated rings. The number of carbonyl (C=O) groups excluding carboxylic acids is 2. The molecule has 0 saturated carbocycles. The number of likely N-dealkylation sites (tertiary alicyclic amines) is 1. The Kier molecular flexibility index (Phi) is 6.17. The van der Waals surface area contributed by atoms with Crippen LogP contribution >= 0.6 is 0 Å². The fraction of sp³-hybridized carbons (Fsp3) is 0.333. The number of pyridine rings is 1. The molecule has 29 heavy (non-hydrogen) atoms. The van der Waals surface area contributed by atoms with Gasteiger partial charge in [-0.15, -0.1) is 0 Å². The van der Waals surface area contributed by atoms with Gasteiger partial charge >= 0.3 is 0 Å². The quantitative estimate of drug-likeness (QED) is 0.809. The first-order chi connectivity index (χ1) is 13.9. The molecule has 1 aliphatic heterocycles. The highest BCUT2D eigenvalue weighted by Crippen LogP contribution is 2.31. The fourth-order valence-corrected chi connectivity index (χ4v) is 3.32. The minimum absolute atomic E-state index is 0.382. The molecule has 0 aliphatic carbocycles. The van der Waals surface area contributed by atoms with E-state index in [1.165, 1.54) is 6.20 Å². The summed E-state index contributed by atoms with van der Waals surface area (Å²) in [5, 5.41) is 11.5. The summed E-state index contributed by atoms with van der Waals surface area (Å²) in [5.41, 5.74) is 2.23. The first-order valence-corrected chi connectivity index (χ1v) is 9.21. The Morgan fingerprint density at radius 3 is 2.72 bits per heavy atom. The lowest BCUT2D eigenvalue weighted by Gasteiger charge is -2.19. The Labute approximate surface area is 167 Å². The first kappa shape index (κ1) is 20.4. The van der Waals surface area contributed by atoms with Crippen LogP contribution < -0.4 is 5.32 Å². The van der Waals surface area contributed by atoms with Gasteiger partial charge in [-0.3, -0.25) is 14.6 Å². The number of benzene rings is 1. The van der Waals surface area contributed by atoms with Crippen LogP contribution in [0.3, 0.4) is 0 Å². The number of hydrogen-bond donors (Lipinski definition) is 1. The third kappa shape index (κ3) is 5.13. The third-order valence-corrected chi connectivity index (χ3v) is 4.81. The molecule has 1 saturated heterocycles. The van der Waals surface area contributed by atoms with Gasteiger partial charge < -0.3 is 10.2 Å². The number of carbonyl (C=O) groups is 2. The zero-order valence-electron chi connectivity index (χ0n) is 15.6. The van der Waals surface area contributed by atoms with Gasteiger partial charge in [-0.25, -0.2) is 8.78 Å². The molecule has 2 amide bonds. The summed E-state index contributed by atoms with van der Waals surface area (Å²) in [7, 11) is 0. The van der Waals surface area contributed by atoms with Gasteiger partial charge in [0.05, 0.1) is 19.2 Å². The number of nitrogens with one attached hydrogen (secondary N) is 1. The summed E-state index contributed by atoms with van der Waals surface area (Å²) in [4.78, 5) is 29.7. The van der Waals surface area contributed by atoms with E-state index in [2.05, 4.69) is 10.3 Å². The van der Waals surface area contributed by atoms with Crippen LogP contribution in [0.5, 0.6) is 0 Å². The predicted octanol–water partition coefficient (Wildman–Crippen LogP) is 2.36. The highest BCUT2D eigenvalue weighted by molar-refractivity contribution is 5.97. The van der Waals surface area contributed by atoms with E-state index in [0.717, 1.165) is 22.4 Å². The van der Waals surface area contributed by atoms with Gasteiger partial charge in [-0.2, -0.15) is 5.26 Å². The molecule has 6 nitrogen and oxygen atoms in total. The van der Waals surface area contributed by atoms with Crippen molar-refractivity contribution in [3.63, 3.8) is 0 Å². The van der Waals surface area contributed by atoms with E-state index in [-0.39, 0.29) is 0 Å². The lowest BCUT2D eigenvalue weighted by molar-refractivity contribution is -0.131. The average molecular weight is 398 g/mol. The van der Waals surface area contributed by atoms with Crippen LogP contribution in [-0.2, 0) is 17.6 Å². The summed E-state index contributed by atoms with van der Waals surface area (Å²) in [6, 6.07) is 11.9. The normalized spacial score (nSPS) is 17.6. The molecule has 3 rings (SSSR count).